The molecule has 4 heteroatoms. The maximum Gasteiger partial charge on any atom is 0.169 e. The second kappa shape index (κ2) is 3.85. The van der Waals surface area contributed by atoms with Crippen LogP contribution in [0.15, 0.2) is 12.3 Å². The lowest BCUT2D eigenvalue weighted by Gasteiger charge is -2.45. The molecular weight excluding hydrogens is 228 g/mol. The summed E-state index contributed by atoms with van der Waals surface area (Å²) >= 11 is 0. The van der Waals surface area contributed by atoms with E-state index in [1.807, 2.05) is 6.20 Å². The van der Waals surface area contributed by atoms with Crippen molar-refractivity contribution >= 4 is 5.82 Å². The molecule has 98 valence electrons. The summed E-state index contributed by atoms with van der Waals surface area (Å²) in [6.45, 7) is 8.78. The van der Waals surface area contributed by atoms with Crippen LogP contribution in [-0.4, -0.2) is 30.3 Å². The van der Waals surface area contributed by atoms with Gasteiger partial charge in [-0.25, -0.2) is 4.98 Å². The molecule has 0 aliphatic carbocycles. The van der Waals surface area contributed by atoms with Crippen LogP contribution in [0.2, 0.25) is 0 Å². The molecular formula is C14H20N2O2. The van der Waals surface area contributed by atoms with E-state index < -0.39 is 0 Å². The Hall–Kier alpha value is -1.29. The number of ether oxygens (including phenoxy) is 2. The Morgan fingerprint density at radius 3 is 2.72 bits per heavy atom. The molecule has 4 nitrogen and oxygen atoms in total. The van der Waals surface area contributed by atoms with Gasteiger partial charge in [0.25, 0.3) is 0 Å². The van der Waals surface area contributed by atoms with Crippen LogP contribution in [0, 0.1) is 5.41 Å². The lowest BCUT2D eigenvalue weighted by atomic mass is 9.87. The first-order chi connectivity index (χ1) is 8.48. The Kier molecular flexibility index (Phi) is 2.52. The van der Waals surface area contributed by atoms with E-state index in [0.29, 0.717) is 19.8 Å². The number of aromatic nitrogens is 1. The highest BCUT2D eigenvalue weighted by Gasteiger charge is 2.43. The SMILES string of the molecule is CC(C)(C)Cc1ccnc2c1OCC1(COC1)N2. The first kappa shape index (κ1) is 11.8. The van der Waals surface area contributed by atoms with Crippen molar-refractivity contribution < 1.29 is 9.47 Å². The number of hydrogen-bond acceptors (Lipinski definition) is 4. The predicted molar refractivity (Wildman–Crippen MR) is 70.1 cm³/mol. The maximum atomic E-state index is 5.95. The van der Waals surface area contributed by atoms with Crippen molar-refractivity contribution in [2.24, 2.45) is 5.41 Å². The summed E-state index contributed by atoms with van der Waals surface area (Å²) in [7, 11) is 0. The Morgan fingerprint density at radius 1 is 1.33 bits per heavy atom. The minimum absolute atomic E-state index is 0.0413. The normalized spacial score (nSPS) is 20.6. The average Bonchev–Trinajstić information content (AvgIpc) is 2.24. The number of nitrogens with one attached hydrogen (secondary N) is 1. The van der Waals surface area contributed by atoms with Crippen LogP contribution < -0.4 is 10.1 Å². The molecule has 0 aromatic carbocycles. The first-order valence-corrected chi connectivity index (χ1v) is 6.44. The van der Waals surface area contributed by atoms with Gasteiger partial charge < -0.3 is 14.8 Å². The molecule has 2 aliphatic rings. The van der Waals surface area contributed by atoms with Crippen molar-refractivity contribution in [3.8, 4) is 5.75 Å². The van der Waals surface area contributed by atoms with Crippen molar-refractivity contribution in [1.29, 1.82) is 0 Å². The van der Waals surface area contributed by atoms with Crippen LogP contribution in [0.25, 0.3) is 0 Å². The monoisotopic (exact) mass is 248 g/mol. The molecule has 1 N–H and O–H groups in total. The van der Waals surface area contributed by atoms with Gasteiger partial charge in [0, 0.05) is 11.8 Å². The van der Waals surface area contributed by atoms with Gasteiger partial charge in [-0.3, -0.25) is 0 Å². The molecule has 2 aliphatic heterocycles. The van der Waals surface area contributed by atoms with Crippen LogP contribution in [0.1, 0.15) is 26.3 Å². The minimum Gasteiger partial charge on any atom is -0.487 e. The molecule has 0 radical (unpaired) electrons. The molecule has 0 saturated carbocycles. The third-order valence-corrected chi connectivity index (χ3v) is 3.34. The highest BCUT2D eigenvalue weighted by Crippen LogP contribution is 2.38. The highest BCUT2D eigenvalue weighted by molar-refractivity contribution is 5.58. The van der Waals surface area contributed by atoms with E-state index in [0.717, 1.165) is 18.0 Å². The third kappa shape index (κ3) is 2.05. The van der Waals surface area contributed by atoms with Gasteiger partial charge >= 0.3 is 0 Å². The summed E-state index contributed by atoms with van der Waals surface area (Å²) in [5.74, 6) is 1.79. The topological polar surface area (TPSA) is 43.4 Å². The Balaban J connectivity index is 1.89. The van der Waals surface area contributed by atoms with Crippen molar-refractivity contribution in [1.82, 2.24) is 4.98 Å². The van der Waals surface area contributed by atoms with Crippen molar-refractivity contribution in [3.63, 3.8) is 0 Å². The molecule has 1 fully saturated rings. The zero-order chi connectivity index (χ0) is 12.8. The van der Waals surface area contributed by atoms with Gasteiger partial charge in [-0.05, 0) is 17.9 Å². The molecule has 0 atom stereocenters. The van der Waals surface area contributed by atoms with E-state index in [-0.39, 0.29) is 11.0 Å². The van der Waals surface area contributed by atoms with Gasteiger partial charge in [-0.15, -0.1) is 0 Å². The highest BCUT2D eigenvalue weighted by atomic mass is 16.5. The van der Waals surface area contributed by atoms with Crippen LogP contribution in [0.3, 0.4) is 0 Å². The van der Waals surface area contributed by atoms with Gasteiger partial charge in [0.15, 0.2) is 11.6 Å². The van der Waals surface area contributed by atoms with E-state index >= 15 is 0 Å². The number of rotatable bonds is 1. The van der Waals surface area contributed by atoms with E-state index in [1.54, 1.807) is 0 Å². The Labute approximate surface area is 108 Å². The van der Waals surface area contributed by atoms with Crippen molar-refractivity contribution in [3.05, 3.63) is 17.8 Å². The lowest BCUT2D eigenvalue weighted by Crippen LogP contribution is -2.61. The zero-order valence-corrected chi connectivity index (χ0v) is 11.2. The maximum absolute atomic E-state index is 5.95. The van der Waals surface area contributed by atoms with Gasteiger partial charge in [-0.2, -0.15) is 0 Å². The van der Waals surface area contributed by atoms with Crippen LogP contribution in [0.5, 0.6) is 5.75 Å². The third-order valence-electron chi connectivity index (χ3n) is 3.34. The first-order valence-electron chi connectivity index (χ1n) is 6.44. The summed E-state index contributed by atoms with van der Waals surface area (Å²) < 4.78 is 11.2. The number of nitrogens with zero attached hydrogens (tertiary/aromatic N) is 1. The molecule has 1 spiro atoms. The summed E-state index contributed by atoms with van der Waals surface area (Å²) in [6.07, 6.45) is 2.85. The second-order valence-corrected chi connectivity index (χ2v) is 6.57. The van der Waals surface area contributed by atoms with Crippen molar-refractivity contribution in [2.45, 2.75) is 32.7 Å². The molecule has 0 unspecified atom stereocenters. The van der Waals surface area contributed by atoms with Crippen LogP contribution in [0.4, 0.5) is 5.82 Å². The molecule has 1 aromatic rings. The van der Waals surface area contributed by atoms with Crippen LogP contribution in [-0.2, 0) is 11.2 Å². The standard InChI is InChI=1S/C14H20N2O2/c1-13(2,3)6-10-4-5-15-12-11(10)18-9-14(16-12)7-17-8-14/h4-5H,6-9H2,1-3H3,(H,15,16). The van der Waals surface area contributed by atoms with E-state index in [2.05, 4.69) is 37.1 Å². The molecule has 3 heterocycles. The van der Waals surface area contributed by atoms with E-state index in [1.165, 1.54) is 5.56 Å². The molecule has 3 rings (SSSR count). The molecule has 18 heavy (non-hydrogen) atoms. The Morgan fingerprint density at radius 2 is 2.11 bits per heavy atom. The lowest BCUT2D eigenvalue weighted by molar-refractivity contribution is -0.0649. The molecule has 1 saturated heterocycles. The number of pyridine rings is 1. The van der Waals surface area contributed by atoms with E-state index in [4.69, 9.17) is 9.47 Å². The summed E-state index contributed by atoms with van der Waals surface area (Å²) in [5.41, 5.74) is 1.43. The molecule has 0 bridgehead atoms. The fourth-order valence-electron chi connectivity index (χ4n) is 2.45. The van der Waals surface area contributed by atoms with Gasteiger partial charge in [0.2, 0.25) is 0 Å². The van der Waals surface area contributed by atoms with E-state index in [9.17, 15) is 0 Å². The summed E-state index contributed by atoms with van der Waals surface area (Å²) in [4.78, 5) is 4.40. The van der Waals surface area contributed by atoms with Gasteiger partial charge in [0.1, 0.15) is 12.1 Å². The minimum atomic E-state index is -0.0413. The smallest absolute Gasteiger partial charge is 0.169 e. The van der Waals surface area contributed by atoms with Gasteiger partial charge in [0.05, 0.1) is 13.2 Å². The fourth-order valence-corrected chi connectivity index (χ4v) is 2.45. The molecule has 0 amide bonds. The van der Waals surface area contributed by atoms with Gasteiger partial charge in [-0.1, -0.05) is 20.8 Å². The molecule has 1 aromatic heterocycles. The summed E-state index contributed by atoms with van der Waals surface area (Å²) in [6, 6.07) is 2.06. The fraction of sp³-hybridized carbons (Fsp3) is 0.643. The average molecular weight is 248 g/mol. The Bertz CT molecular complexity index is 461. The number of hydrogen-bond donors (Lipinski definition) is 1. The van der Waals surface area contributed by atoms with Crippen molar-refractivity contribution in [2.75, 3.05) is 25.1 Å². The van der Waals surface area contributed by atoms with Crippen LogP contribution >= 0.6 is 0 Å². The second-order valence-electron chi connectivity index (χ2n) is 6.57. The number of anilines is 1. The quantitative estimate of drug-likeness (QED) is 0.827. The largest absolute Gasteiger partial charge is 0.487 e. The zero-order valence-electron chi connectivity index (χ0n) is 11.2. The predicted octanol–water partition coefficient (Wildman–Crippen LogP) is 2.24. The summed E-state index contributed by atoms with van der Waals surface area (Å²) in [5, 5.41) is 3.47. The number of fused-ring (bicyclic) bond motifs is 1.